The molecule has 0 aromatic heterocycles. The number of carbonyl (C=O) groups excluding carboxylic acids is 1. The summed E-state index contributed by atoms with van der Waals surface area (Å²) in [4.78, 5) is 16.1. The second-order valence-electron chi connectivity index (χ2n) is 5.34. The smallest absolute Gasteiger partial charge is 0.236 e. The van der Waals surface area contributed by atoms with Gasteiger partial charge in [-0.25, -0.2) is 0 Å². The number of ether oxygens (including phenoxy) is 1. The van der Waals surface area contributed by atoms with Gasteiger partial charge in [-0.05, 0) is 26.4 Å². The minimum absolute atomic E-state index is 0.233. The highest BCUT2D eigenvalue weighted by Crippen LogP contribution is 2.08. The molecule has 5 nitrogen and oxygen atoms in total. The third-order valence-electron chi connectivity index (χ3n) is 3.71. The predicted molar refractivity (Wildman–Crippen MR) is 70.5 cm³/mol. The first-order valence-corrected chi connectivity index (χ1v) is 7.03. The molecule has 1 atom stereocenters. The molecule has 2 heterocycles. The maximum atomic E-state index is 12.1. The molecule has 5 heteroatoms. The number of likely N-dealkylation sites (N-methyl/N-ethyl adjacent to an activating group) is 1. The van der Waals surface area contributed by atoms with Crippen molar-refractivity contribution in [2.75, 3.05) is 53.0 Å². The van der Waals surface area contributed by atoms with Crippen molar-refractivity contribution in [2.45, 2.75) is 25.3 Å². The molecule has 1 N–H and O–H groups in total. The summed E-state index contributed by atoms with van der Waals surface area (Å²) >= 11 is 0. The van der Waals surface area contributed by atoms with Crippen LogP contribution < -0.4 is 5.32 Å². The lowest BCUT2D eigenvalue weighted by Crippen LogP contribution is -2.48. The Labute approximate surface area is 109 Å². The molecule has 2 aliphatic rings. The second-order valence-corrected chi connectivity index (χ2v) is 5.34. The summed E-state index contributed by atoms with van der Waals surface area (Å²) in [5.41, 5.74) is 0. The summed E-state index contributed by atoms with van der Waals surface area (Å²) in [7, 11) is 2.04. The topological polar surface area (TPSA) is 44.8 Å². The van der Waals surface area contributed by atoms with Crippen LogP contribution in [0.3, 0.4) is 0 Å². The summed E-state index contributed by atoms with van der Waals surface area (Å²) in [6.07, 6.45) is 3.83. The molecular formula is C13H25N3O2. The van der Waals surface area contributed by atoms with E-state index in [4.69, 9.17) is 4.74 Å². The highest BCUT2D eigenvalue weighted by atomic mass is 16.5. The first kappa shape index (κ1) is 13.8. The van der Waals surface area contributed by atoms with Crippen molar-refractivity contribution in [1.29, 1.82) is 0 Å². The van der Waals surface area contributed by atoms with Crippen molar-refractivity contribution in [3.05, 3.63) is 0 Å². The molecule has 0 aromatic rings. The van der Waals surface area contributed by atoms with E-state index in [1.165, 1.54) is 19.3 Å². The van der Waals surface area contributed by atoms with Crippen LogP contribution in [0.1, 0.15) is 19.3 Å². The molecule has 0 aromatic carbocycles. The third-order valence-corrected chi connectivity index (χ3v) is 3.71. The number of piperidine rings is 1. The summed E-state index contributed by atoms with van der Waals surface area (Å²) < 4.78 is 5.26. The van der Waals surface area contributed by atoms with E-state index >= 15 is 0 Å². The maximum Gasteiger partial charge on any atom is 0.236 e. The average molecular weight is 255 g/mol. The lowest BCUT2D eigenvalue weighted by Gasteiger charge is -2.31. The fourth-order valence-corrected chi connectivity index (χ4v) is 2.66. The Morgan fingerprint density at radius 1 is 1.39 bits per heavy atom. The van der Waals surface area contributed by atoms with Crippen LogP contribution in [0.25, 0.3) is 0 Å². The zero-order chi connectivity index (χ0) is 12.8. The van der Waals surface area contributed by atoms with Gasteiger partial charge >= 0.3 is 0 Å². The van der Waals surface area contributed by atoms with Crippen molar-refractivity contribution in [2.24, 2.45) is 0 Å². The van der Waals surface area contributed by atoms with Crippen LogP contribution in [0.4, 0.5) is 0 Å². The third kappa shape index (κ3) is 4.23. The Kier molecular flexibility index (Phi) is 5.41. The van der Waals surface area contributed by atoms with Crippen molar-refractivity contribution in [3.63, 3.8) is 0 Å². The molecule has 0 saturated carbocycles. The minimum atomic E-state index is 0.233. The van der Waals surface area contributed by atoms with Crippen molar-refractivity contribution in [3.8, 4) is 0 Å². The number of hydrogen-bond donors (Lipinski definition) is 1. The van der Waals surface area contributed by atoms with Gasteiger partial charge in [0.1, 0.15) is 0 Å². The van der Waals surface area contributed by atoms with Crippen molar-refractivity contribution < 1.29 is 9.53 Å². The monoisotopic (exact) mass is 255 g/mol. The minimum Gasteiger partial charge on any atom is -0.378 e. The standard InChI is InChI=1S/C13H25N3O2/c1-15(10-12-4-2-3-5-14-12)11-13(17)16-6-8-18-9-7-16/h12,14H,2-11H2,1H3. The van der Waals surface area contributed by atoms with Gasteiger partial charge in [0, 0.05) is 25.7 Å². The first-order chi connectivity index (χ1) is 8.75. The zero-order valence-corrected chi connectivity index (χ0v) is 11.4. The molecule has 2 saturated heterocycles. The molecule has 18 heavy (non-hydrogen) atoms. The number of nitrogens with one attached hydrogen (secondary N) is 1. The molecule has 1 amide bonds. The van der Waals surface area contributed by atoms with Gasteiger partial charge < -0.3 is 15.0 Å². The number of morpholine rings is 1. The summed E-state index contributed by atoms with van der Waals surface area (Å²) in [5, 5.41) is 3.52. The zero-order valence-electron chi connectivity index (χ0n) is 11.4. The lowest BCUT2D eigenvalue weighted by atomic mass is 10.0. The van der Waals surface area contributed by atoms with Crippen LogP contribution in [-0.4, -0.2) is 74.7 Å². The van der Waals surface area contributed by atoms with Gasteiger partial charge in [-0.15, -0.1) is 0 Å². The maximum absolute atomic E-state index is 12.1. The van der Waals surface area contributed by atoms with E-state index in [9.17, 15) is 4.79 Å². The van der Waals surface area contributed by atoms with E-state index in [1.54, 1.807) is 0 Å². The molecule has 0 aliphatic carbocycles. The number of rotatable bonds is 4. The molecule has 0 spiro atoms. The fraction of sp³-hybridized carbons (Fsp3) is 0.923. The van der Waals surface area contributed by atoms with E-state index in [1.807, 2.05) is 11.9 Å². The lowest BCUT2D eigenvalue weighted by molar-refractivity contribution is -0.136. The highest BCUT2D eigenvalue weighted by Gasteiger charge is 2.20. The Morgan fingerprint density at radius 3 is 2.83 bits per heavy atom. The molecule has 2 rings (SSSR count). The van der Waals surface area contributed by atoms with Crippen LogP contribution in [0, 0.1) is 0 Å². The average Bonchev–Trinajstić information content (AvgIpc) is 2.40. The van der Waals surface area contributed by atoms with Crippen LogP contribution in [-0.2, 0) is 9.53 Å². The number of carbonyl (C=O) groups is 1. The van der Waals surface area contributed by atoms with Gasteiger partial charge in [-0.3, -0.25) is 9.69 Å². The normalized spacial score (nSPS) is 25.4. The van der Waals surface area contributed by atoms with Gasteiger partial charge in [-0.1, -0.05) is 6.42 Å². The van der Waals surface area contributed by atoms with Gasteiger partial charge in [0.15, 0.2) is 0 Å². The highest BCUT2D eigenvalue weighted by molar-refractivity contribution is 5.78. The van der Waals surface area contributed by atoms with E-state index < -0.39 is 0 Å². The van der Waals surface area contributed by atoms with E-state index in [-0.39, 0.29) is 5.91 Å². The Balaban J connectivity index is 1.68. The van der Waals surface area contributed by atoms with E-state index in [0.717, 1.165) is 26.2 Å². The van der Waals surface area contributed by atoms with Gasteiger partial charge in [-0.2, -0.15) is 0 Å². The Morgan fingerprint density at radius 2 is 2.17 bits per heavy atom. The molecule has 104 valence electrons. The SMILES string of the molecule is CN(CC(=O)N1CCOCC1)CC1CCCCN1. The molecule has 0 radical (unpaired) electrons. The number of nitrogens with zero attached hydrogens (tertiary/aromatic N) is 2. The van der Waals surface area contributed by atoms with Crippen molar-refractivity contribution in [1.82, 2.24) is 15.1 Å². The van der Waals surface area contributed by atoms with Gasteiger partial charge in [0.2, 0.25) is 5.91 Å². The molecule has 2 fully saturated rings. The first-order valence-electron chi connectivity index (χ1n) is 7.03. The summed E-state index contributed by atoms with van der Waals surface area (Å²) in [5.74, 6) is 0.233. The van der Waals surface area contributed by atoms with Crippen LogP contribution in [0.2, 0.25) is 0 Å². The largest absolute Gasteiger partial charge is 0.378 e. The van der Waals surface area contributed by atoms with Gasteiger partial charge in [0.25, 0.3) is 0 Å². The van der Waals surface area contributed by atoms with Gasteiger partial charge in [0.05, 0.1) is 19.8 Å². The molecule has 0 bridgehead atoms. The number of amides is 1. The second kappa shape index (κ2) is 7.07. The summed E-state index contributed by atoms with van der Waals surface area (Å²) in [6.45, 7) is 5.46. The predicted octanol–water partition coefficient (Wildman–Crippen LogP) is -0.0809. The summed E-state index contributed by atoms with van der Waals surface area (Å²) in [6, 6.07) is 0.557. The fourth-order valence-electron chi connectivity index (χ4n) is 2.66. The van der Waals surface area contributed by atoms with Crippen LogP contribution >= 0.6 is 0 Å². The molecule has 2 aliphatic heterocycles. The quantitative estimate of drug-likeness (QED) is 0.763. The van der Waals surface area contributed by atoms with Crippen LogP contribution in [0.15, 0.2) is 0 Å². The van der Waals surface area contributed by atoms with E-state index in [2.05, 4.69) is 10.2 Å². The van der Waals surface area contributed by atoms with E-state index in [0.29, 0.717) is 25.8 Å². The Bertz CT molecular complexity index is 261. The Hall–Kier alpha value is -0.650. The van der Waals surface area contributed by atoms with Crippen molar-refractivity contribution >= 4 is 5.91 Å². The van der Waals surface area contributed by atoms with Crippen LogP contribution in [0.5, 0.6) is 0 Å². The molecular weight excluding hydrogens is 230 g/mol. The number of hydrogen-bond acceptors (Lipinski definition) is 4. The molecule has 1 unspecified atom stereocenters.